The number of methoxy groups -OCH3 is 2. The molecule has 0 fully saturated rings. The highest BCUT2D eigenvalue weighted by Crippen LogP contribution is 2.35. The highest BCUT2D eigenvalue weighted by molar-refractivity contribution is 6.25. The maximum Gasteiger partial charge on any atom is 0.323 e. The van der Waals surface area contributed by atoms with Gasteiger partial charge in [0.15, 0.2) is 5.41 Å². The largest absolute Gasteiger partial charge is 0.468 e. The van der Waals surface area contributed by atoms with Gasteiger partial charge in [0, 0.05) is 5.54 Å². The molecule has 0 spiro atoms. The number of esters is 2. The molecule has 0 radical (unpaired) electrons. The minimum absolute atomic E-state index is 0.160. The van der Waals surface area contributed by atoms with Crippen molar-refractivity contribution in [3.05, 3.63) is 11.6 Å². The lowest BCUT2D eigenvalue weighted by atomic mass is 9.74. The molecule has 92 valence electrons. The van der Waals surface area contributed by atoms with E-state index in [4.69, 9.17) is 11.6 Å². The molecule has 0 aromatic rings. The standard InChI is InChI=1S/C11H17ClO4/c1-8(2)11(6-5-7-12,9(13)15-3)10(14)16-4/h5,7-8H,6H2,1-4H3. The fraction of sp³-hybridized carbons (Fsp3) is 0.636. The molecule has 0 aliphatic rings. The summed E-state index contributed by atoms with van der Waals surface area (Å²) in [7, 11) is 2.49. The number of halogens is 1. The van der Waals surface area contributed by atoms with Gasteiger partial charge in [-0.3, -0.25) is 9.59 Å². The topological polar surface area (TPSA) is 52.6 Å². The molecule has 0 N–H and O–H groups in total. The first kappa shape index (κ1) is 15.0. The first-order valence-electron chi connectivity index (χ1n) is 4.89. The third kappa shape index (κ3) is 2.76. The van der Waals surface area contributed by atoms with E-state index in [9.17, 15) is 9.59 Å². The van der Waals surface area contributed by atoms with Crippen molar-refractivity contribution >= 4 is 23.5 Å². The second kappa shape index (κ2) is 6.53. The van der Waals surface area contributed by atoms with E-state index in [0.717, 1.165) is 0 Å². The molecule has 0 amide bonds. The third-order valence-corrected chi connectivity index (χ3v) is 2.79. The Morgan fingerprint density at radius 2 is 1.69 bits per heavy atom. The van der Waals surface area contributed by atoms with E-state index in [1.807, 2.05) is 0 Å². The Bertz CT molecular complexity index is 268. The van der Waals surface area contributed by atoms with Crippen molar-refractivity contribution < 1.29 is 19.1 Å². The lowest BCUT2D eigenvalue weighted by Gasteiger charge is -2.30. The average Bonchev–Trinajstić information content (AvgIpc) is 2.28. The van der Waals surface area contributed by atoms with Crippen LogP contribution in [0.15, 0.2) is 11.6 Å². The van der Waals surface area contributed by atoms with E-state index in [1.165, 1.54) is 25.8 Å². The van der Waals surface area contributed by atoms with Crippen molar-refractivity contribution in [2.75, 3.05) is 14.2 Å². The Balaban J connectivity index is 5.38. The van der Waals surface area contributed by atoms with Crippen LogP contribution in [0.25, 0.3) is 0 Å². The first-order valence-corrected chi connectivity index (χ1v) is 5.33. The molecule has 0 unspecified atom stereocenters. The van der Waals surface area contributed by atoms with Gasteiger partial charge in [0.2, 0.25) is 0 Å². The minimum Gasteiger partial charge on any atom is -0.468 e. The highest BCUT2D eigenvalue weighted by atomic mass is 35.5. The van der Waals surface area contributed by atoms with Crippen LogP contribution in [-0.4, -0.2) is 26.2 Å². The maximum absolute atomic E-state index is 11.8. The van der Waals surface area contributed by atoms with E-state index in [1.54, 1.807) is 13.8 Å². The number of rotatable bonds is 5. The zero-order valence-electron chi connectivity index (χ0n) is 9.95. The number of hydrogen-bond acceptors (Lipinski definition) is 4. The lowest BCUT2D eigenvalue weighted by molar-refractivity contribution is -0.172. The van der Waals surface area contributed by atoms with Crippen LogP contribution in [0.1, 0.15) is 20.3 Å². The van der Waals surface area contributed by atoms with Crippen LogP contribution in [0.2, 0.25) is 0 Å². The summed E-state index contributed by atoms with van der Waals surface area (Å²) in [5.74, 6) is -1.46. The van der Waals surface area contributed by atoms with Gasteiger partial charge in [0.05, 0.1) is 14.2 Å². The van der Waals surface area contributed by atoms with Crippen LogP contribution in [0.4, 0.5) is 0 Å². The average molecular weight is 249 g/mol. The molecule has 0 bridgehead atoms. The Labute approximate surface area is 101 Å². The summed E-state index contributed by atoms with van der Waals surface area (Å²) in [5.41, 5.74) is -0.0576. The molecule has 0 aromatic heterocycles. The second-order valence-electron chi connectivity index (χ2n) is 3.68. The molecule has 0 heterocycles. The van der Waals surface area contributed by atoms with Crippen LogP contribution in [0.5, 0.6) is 0 Å². The fourth-order valence-electron chi connectivity index (χ4n) is 1.55. The monoisotopic (exact) mass is 248 g/mol. The summed E-state index contributed by atoms with van der Waals surface area (Å²) in [6, 6.07) is 0. The zero-order chi connectivity index (χ0) is 12.8. The van der Waals surface area contributed by atoms with Crippen molar-refractivity contribution in [2.24, 2.45) is 11.3 Å². The van der Waals surface area contributed by atoms with E-state index < -0.39 is 17.4 Å². The summed E-state index contributed by atoms with van der Waals surface area (Å²) >= 11 is 5.42. The molecule has 4 nitrogen and oxygen atoms in total. The molecule has 0 aliphatic heterocycles. The number of carbonyl (C=O) groups excluding carboxylic acids is 2. The van der Waals surface area contributed by atoms with Crippen molar-refractivity contribution in [3.8, 4) is 0 Å². The Kier molecular flexibility index (Phi) is 6.11. The van der Waals surface area contributed by atoms with Crippen LogP contribution < -0.4 is 0 Å². The van der Waals surface area contributed by atoms with E-state index in [0.29, 0.717) is 0 Å². The van der Waals surface area contributed by atoms with Gasteiger partial charge in [-0.05, 0) is 12.3 Å². The van der Waals surface area contributed by atoms with Crippen LogP contribution >= 0.6 is 11.6 Å². The predicted molar refractivity (Wildman–Crippen MR) is 60.9 cm³/mol. The number of allylic oxidation sites excluding steroid dienone is 1. The van der Waals surface area contributed by atoms with Crippen LogP contribution in [0.3, 0.4) is 0 Å². The Morgan fingerprint density at radius 1 is 1.25 bits per heavy atom. The number of ether oxygens (including phenoxy) is 2. The molecular weight excluding hydrogens is 232 g/mol. The normalized spacial score (nSPS) is 11.9. The van der Waals surface area contributed by atoms with Gasteiger partial charge >= 0.3 is 11.9 Å². The molecule has 0 saturated heterocycles. The number of carbonyl (C=O) groups is 2. The van der Waals surface area contributed by atoms with E-state index >= 15 is 0 Å². The lowest BCUT2D eigenvalue weighted by Crippen LogP contribution is -2.45. The van der Waals surface area contributed by atoms with E-state index in [-0.39, 0.29) is 12.3 Å². The zero-order valence-corrected chi connectivity index (χ0v) is 10.7. The van der Waals surface area contributed by atoms with Gasteiger partial charge < -0.3 is 9.47 Å². The van der Waals surface area contributed by atoms with Crippen molar-refractivity contribution in [3.63, 3.8) is 0 Å². The third-order valence-electron chi connectivity index (χ3n) is 2.61. The SMILES string of the molecule is COC(=O)C(CC=CCl)(C(=O)OC)C(C)C. The van der Waals surface area contributed by atoms with Gasteiger partial charge in [0.1, 0.15) is 0 Å². The van der Waals surface area contributed by atoms with E-state index in [2.05, 4.69) is 9.47 Å². The Hall–Kier alpha value is -1.03. The highest BCUT2D eigenvalue weighted by Gasteiger charge is 2.50. The quantitative estimate of drug-likeness (QED) is 0.552. The molecule has 0 rings (SSSR count). The smallest absolute Gasteiger partial charge is 0.323 e. The molecule has 16 heavy (non-hydrogen) atoms. The molecule has 0 saturated carbocycles. The summed E-state index contributed by atoms with van der Waals surface area (Å²) in [6.07, 6.45) is 1.70. The molecule has 0 atom stereocenters. The van der Waals surface area contributed by atoms with Crippen LogP contribution in [0, 0.1) is 11.3 Å². The van der Waals surface area contributed by atoms with Gasteiger partial charge in [-0.25, -0.2) is 0 Å². The van der Waals surface area contributed by atoms with Crippen molar-refractivity contribution in [1.82, 2.24) is 0 Å². The summed E-state index contributed by atoms with van der Waals surface area (Å²) in [4.78, 5) is 23.6. The van der Waals surface area contributed by atoms with Gasteiger partial charge in [-0.15, -0.1) is 0 Å². The maximum atomic E-state index is 11.8. The fourth-order valence-corrected chi connectivity index (χ4v) is 1.64. The second-order valence-corrected chi connectivity index (χ2v) is 3.93. The Morgan fingerprint density at radius 3 is 1.94 bits per heavy atom. The predicted octanol–water partition coefficient (Wildman–Crippen LogP) is 2.12. The first-order chi connectivity index (χ1) is 7.47. The molecule has 0 aromatic carbocycles. The van der Waals surface area contributed by atoms with Gasteiger partial charge in [-0.2, -0.15) is 0 Å². The molecular formula is C11H17ClO4. The minimum atomic E-state index is -1.32. The van der Waals surface area contributed by atoms with Crippen LogP contribution in [-0.2, 0) is 19.1 Å². The van der Waals surface area contributed by atoms with Gasteiger partial charge in [-0.1, -0.05) is 31.5 Å². The number of hydrogen-bond donors (Lipinski definition) is 0. The summed E-state index contributed by atoms with van der Waals surface area (Å²) < 4.78 is 9.36. The summed E-state index contributed by atoms with van der Waals surface area (Å²) in [6.45, 7) is 3.52. The van der Waals surface area contributed by atoms with Crippen molar-refractivity contribution in [2.45, 2.75) is 20.3 Å². The molecule has 5 heteroatoms. The van der Waals surface area contributed by atoms with Crippen molar-refractivity contribution in [1.29, 1.82) is 0 Å². The summed E-state index contributed by atoms with van der Waals surface area (Å²) in [5, 5.41) is 0. The van der Waals surface area contributed by atoms with Gasteiger partial charge in [0.25, 0.3) is 0 Å². The molecule has 0 aliphatic carbocycles.